The van der Waals surface area contributed by atoms with Crippen LogP contribution in [0.25, 0.3) is 0 Å². The predicted molar refractivity (Wildman–Crippen MR) is 74.4 cm³/mol. The van der Waals surface area contributed by atoms with Crippen LogP contribution < -0.4 is 5.32 Å². The number of aliphatic hydroxyl groups is 1. The molecule has 0 spiro atoms. The summed E-state index contributed by atoms with van der Waals surface area (Å²) in [5.41, 5.74) is 0. The third-order valence-electron chi connectivity index (χ3n) is 2.89. The first kappa shape index (κ1) is 14.7. The van der Waals surface area contributed by atoms with Gasteiger partial charge >= 0.3 is 0 Å². The highest BCUT2D eigenvalue weighted by atomic mass is 79.9. The minimum absolute atomic E-state index is 0.128. The molecular formula is C12H18BrNO2S. The van der Waals surface area contributed by atoms with Gasteiger partial charge in [-0.25, -0.2) is 0 Å². The maximum Gasteiger partial charge on any atom is 0.262 e. The molecule has 0 aliphatic carbocycles. The molecule has 0 aliphatic heterocycles. The zero-order valence-corrected chi connectivity index (χ0v) is 12.5. The van der Waals surface area contributed by atoms with E-state index in [-0.39, 0.29) is 11.8 Å². The lowest BCUT2D eigenvalue weighted by Crippen LogP contribution is -2.35. The van der Waals surface area contributed by atoms with E-state index in [2.05, 4.69) is 35.1 Å². The van der Waals surface area contributed by atoms with Crippen LogP contribution in [0, 0.1) is 5.92 Å². The molecular weight excluding hydrogens is 302 g/mol. The molecule has 0 bridgehead atoms. The van der Waals surface area contributed by atoms with Gasteiger partial charge in [0.25, 0.3) is 5.91 Å². The van der Waals surface area contributed by atoms with Gasteiger partial charge in [0, 0.05) is 11.0 Å². The Bertz CT molecular complexity index is 363. The summed E-state index contributed by atoms with van der Waals surface area (Å²) >= 11 is 4.71. The Hall–Kier alpha value is -0.390. The van der Waals surface area contributed by atoms with Crippen LogP contribution in [0.4, 0.5) is 0 Å². The van der Waals surface area contributed by atoms with Gasteiger partial charge in [-0.2, -0.15) is 0 Å². The fourth-order valence-corrected chi connectivity index (χ4v) is 3.20. The quantitative estimate of drug-likeness (QED) is 0.846. The molecule has 0 saturated heterocycles. The van der Waals surface area contributed by atoms with Gasteiger partial charge in [0.15, 0.2) is 0 Å². The van der Waals surface area contributed by atoms with E-state index in [9.17, 15) is 9.90 Å². The van der Waals surface area contributed by atoms with E-state index < -0.39 is 6.10 Å². The molecule has 0 radical (unpaired) electrons. The second kappa shape index (κ2) is 7.13. The number of amides is 1. The molecule has 0 aromatic carbocycles. The van der Waals surface area contributed by atoms with Gasteiger partial charge in [0.1, 0.15) is 4.88 Å². The molecule has 1 aromatic rings. The number of rotatable bonds is 6. The number of nitrogens with one attached hydrogen (secondary N) is 1. The van der Waals surface area contributed by atoms with Gasteiger partial charge in [0.05, 0.1) is 6.10 Å². The number of carbonyl (C=O) groups excluding carboxylic acids is 1. The zero-order valence-electron chi connectivity index (χ0n) is 10.1. The van der Waals surface area contributed by atoms with Crippen molar-refractivity contribution in [3.05, 3.63) is 20.8 Å². The van der Waals surface area contributed by atoms with Crippen molar-refractivity contribution < 1.29 is 9.90 Å². The third kappa shape index (κ3) is 4.08. The average molecular weight is 320 g/mol. The van der Waals surface area contributed by atoms with Crippen molar-refractivity contribution in [2.24, 2.45) is 5.92 Å². The number of carbonyl (C=O) groups is 1. The summed E-state index contributed by atoms with van der Waals surface area (Å²) in [7, 11) is 0. The summed E-state index contributed by atoms with van der Waals surface area (Å²) in [6, 6.07) is 1.84. The molecule has 0 saturated carbocycles. The topological polar surface area (TPSA) is 49.3 Å². The maximum atomic E-state index is 11.8. The van der Waals surface area contributed by atoms with Crippen LogP contribution in [0.2, 0.25) is 0 Å². The minimum Gasteiger partial charge on any atom is -0.391 e. The van der Waals surface area contributed by atoms with Gasteiger partial charge in [-0.3, -0.25) is 4.79 Å². The highest BCUT2D eigenvalue weighted by Gasteiger charge is 2.17. The molecule has 1 atom stereocenters. The molecule has 1 unspecified atom stereocenters. The lowest BCUT2D eigenvalue weighted by Gasteiger charge is -2.20. The van der Waals surface area contributed by atoms with Gasteiger partial charge < -0.3 is 10.4 Å². The van der Waals surface area contributed by atoms with Crippen LogP contribution in [-0.2, 0) is 0 Å². The first-order valence-electron chi connectivity index (χ1n) is 5.79. The van der Waals surface area contributed by atoms with Crippen LogP contribution in [-0.4, -0.2) is 23.7 Å². The van der Waals surface area contributed by atoms with Gasteiger partial charge in [-0.1, -0.05) is 26.7 Å². The Morgan fingerprint density at radius 3 is 2.65 bits per heavy atom. The summed E-state index contributed by atoms with van der Waals surface area (Å²) in [5, 5.41) is 14.5. The van der Waals surface area contributed by atoms with Crippen LogP contribution in [0.1, 0.15) is 36.4 Å². The summed E-state index contributed by atoms with van der Waals surface area (Å²) < 4.78 is 0.803. The van der Waals surface area contributed by atoms with E-state index in [1.807, 2.05) is 11.4 Å². The number of hydrogen-bond donors (Lipinski definition) is 2. The smallest absolute Gasteiger partial charge is 0.262 e. The highest BCUT2D eigenvalue weighted by Crippen LogP contribution is 2.22. The number of hydrogen-bond acceptors (Lipinski definition) is 3. The maximum absolute atomic E-state index is 11.8. The number of aliphatic hydroxyl groups excluding tert-OH is 1. The highest BCUT2D eigenvalue weighted by molar-refractivity contribution is 9.10. The molecule has 5 heteroatoms. The predicted octanol–water partition coefficient (Wildman–Crippen LogP) is 3.04. The van der Waals surface area contributed by atoms with Crippen LogP contribution in [0.5, 0.6) is 0 Å². The van der Waals surface area contributed by atoms with E-state index in [0.717, 1.165) is 17.3 Å². The van der Waals surface area contributed by atoms with Crippen molar-refractivity contribution in [2.45, 2.75) is 32.8 Å². The Balaban J connectivity index is 2.46. The summed E-state index contributed by atoms with van der Waals surface area (Å²) in [6.45, 7) is 4.42. The number of thiophene rings is 1. The van der Waals surface area contributed by atoms with Crippen molar-refractivity contribution in [3.8, 4) is 0 Å². The molecule has 2 N–H and O–H groups in total. The summed E-state index contributed by atoms with van der Waals surface area (Å²) in [4.78, 5) is 12.4. The molecule has 1 heterocycles. The van der Waals surface area contributed by atoms with Gasteiger partial charge in [0.2, 0.25) is 0 Å². The molecule has 96 valence electrons. The van der Waals surface area contributed by atoms with Crippen molar-refractivity contribution in [3.63, 3.8) is 0 Å². The van der Waals surface area contributed by atoms with Crippen LogP contribution in [0.3, 0.4) is 0 Å². The fourth-order valence-electron chi connectivity index (χ4n) is 1.73. The van der Waals surface area contributed by atoms with Crippen molar-refractivity contribution in [2.75, 3.05) is 6.54 Å². The Labute approximate surface area is 114 Å². The molecule has 0 fully saturated rings. The normalized spacial score (nSPS) is 12.8. The van der Waals surface area contributed by atoms with E-state index >= 15 is 0 Å². The van der Waals surface area contributed by atoms with Crippen molar-refractivity contribution in [1.82, 2.24) is 5.32 Å². The molecule has 1 rings (SSSR count). The third-order valence-corrected chi connectivity index (χ3v) is 4.72. The minimum atomic E-state index is -0.465. The summed E-state index contributed by atoms with van der Waals surface area (Å²) in [5.74, 6) is 0.124. The zero-order chi connectivity index (χ0) is 12.8. The second-order valence-corrected chi connectivity index (χ2v) is 5.72. The van der Waals surface area contributed by atoms with Crippen molar-refractivity contribution in [1.29, 1.82) is 0 Å². The fraction of sp³-hybridized carbons (Fsp3) is 0.583. The average Bonchev–Trinajstić information content (AvgIpc) is 2.74. The Kier molecular flexibility index (Phi) is 6.16. The van der Waals surface area contributed by atoms with E-state index in [1.165, 1.54) is 11.3 Å². The first-order chi connectivity index (χ1) is 8.10. The van der Waals surface area contributed by atoms with Crippen LogP contribution >= 0.6 is 27.3 Å². The van der Waals surface area contributed by atoms with Crippen LogP contribution in [0.15, 0.2) is 15.9 Å². The Morgan fingerprint density at radius 2 is 2.18 bits per heavy atom. The molecule has 1 amide bonds. The molecule has 17 heavy (non-hydrogen) atoms. The monoisotopic (exact) mass is 319 g/mol. The SMILES string of the molecule is CCC(CC)C(O)CNC(=O)c1sccc1Br. The largest absolute Gasteiger partial charge is 0.391 e. The Morgan fingerprint density at radius 1 is 1.53 bits per heavy atom. The molecule has 0 aliphatic rings. The molecule has 1 aromatic heterocycles. The van der Waals surface area contributed by atoms with E-state index in [0.29, 0.717) is 11.4 Å². The molecule has 3 nitrogen and oxygen atoms in total. The standard InChI is InChI=1S/C12H18BrNO2S/c1-3-8(4-2)10(15)7-14-12(16)11-9(13)5-6-17-11/h5-6,8,10,15H,3-4,7H2,1-2H3,(H,14,16). The van der Waals surface area contributed by atoms with E-state index in [4.69, 9.17) is 0 Å². The summed E-state index contributed by atoms with van der Waals surface area (Å²) in [6.07, 6.45) is 1.39. The lowest BCUT2D eigenvalue weighted by atomic mass is 9.96. The lowest BCUT2D eigenvalue weighted by molar-refractivity contribution is 0.0819. The number of halogens is 1. The second-order valence-electron chi connectivity index (χ2n) is 3.95. The van der Waals surface area contributed by atoms with Gasteiger partial charge in [-0.15, -0.1) is 11.3 Å². The van der Waals surface area contributed by atoms with Crippen molar-refractivity contribution >= 4 is 33.2 Å². The van der Waals surface area contributed by atoms with Gasteiger partial charge in [-0.05, 0) is 33.3 Å². The first-order valence-corrected chi connectivity index (χ1v) is 7.46. The van der Waals surface area contributed by atoms with E-state index in [1.54, 1.807) is 0 Å².